The van der Waals surface area contributed by atoms with Gasteiger partial charge in [0.1, 0.15) is 17.5 Å². The average molecular weight is 309 g/mol. The second-order valence-corrected chi connectivity index (χ2v) is 6.60. The van der Waals surface area contributed by atoms with Crippen LogP contribution in [0.4, 0.5) is 4.79 Å². The third-order valence-corrected chi connectivity index (χ3v) is 3.42. The Balaban J connectivity index is 0.00000127. The Labute approximate surface area is 135 Å². The molecule has 1 aromatic carbocycles. The molecular weight excluding hydrogens is 278 g/mol. The third-order valence-electron chi connectivity index (χ3n) is 3.42. The molecule has 1 fully saturated rings. The molecule has 1 heterocycles. The Bertz CT molecular complexity index is 474. The predicted octanol–water partition coefficient (Wildman–Crippen LogP) is 4.41. The van der Waals surface area contributed by atoms with Gasteiger partial charge in [-0.3, -0.25) is 0 Å². The number of piperidine rings is 1. The molecule has 1 amide bonds. The molecule has 2 rings (SSSR count). The van der Waals surface area contributed by atoms with Crippen molar-refractivity contribution in [2.45, 2.75) is 59.6 Å². The summed E-state index contributed by atoms with van der Waals surface area (Å²) in [6.07, 6.45) is 1.63. The molecule has 1 aliphatic heterocycles. The number of amides is 1. The zero-order chi connectivity index (χ0) is 17.5. The first-order chi connectivity index (χ1) is 10.8. The zero-order valence-corrected chi connectivity index (χ0v) is 14.4. The maximum absolute atomic E-state index is 12.0. The van der Waals surface area contributed by atoms with Gasteiger partial charge in [-0.2, -0.15) is 0 Å². The highest BCUT2D eigenvalue weighted by atomic mass is 16.6. The number of benzene rings is 1. The first-order valence-electron chi connectivity index (χ1n) is 8.55. The van der Waals surface area contributed by atoms with E-state index in [1.165, 1.54) is 13.0 Å². The summed E-state index contributed by atoms with van der Waals surface area (Å²) < 4.78 is 17.1. The standard InChI is InChI=1S/C17H25NO3.CH4/c1-13-5-7-14(8-6-13)20-15-9-11-18(12-10-15)16(19)21-17(2,3)4;/h5-8,15H,9-12H2,1-4H3;1H4/i;1T. The minimum absolute atomic E-state index is 0.173. The van der Waals surface area contributed by atoms with E-state index in [2.05, 4.69) is 6.92 Å². The van der Waals surface area contributed by atoms with Crippen molar-refractivity contribution in [2.24, 2.45) is 0 Å². The number of hydrogen-bond donors (Lipinski definition) is 0. The molecular formula is C18H29NO3. The molecule has 0 saturated carbocycles. The molecule has 1 aromatic rings. The number of ether oxygens (including phenoxy) is 2. The molecule has 4 nitrogen and oxygen atoms in total. The fraction of sp³-hybridized carbons (Fsp3) is 0.611. The average Bonchev–Trinajstić information content (AvgIpc) is 2.51. The lowest BCUT2D eigenvalue weighted by Crippen LogP contribution is -2.44. The summed E-state index contributed by atoms with van der Waals surface area (Å²) in [5.74, 6) is 0.899. The van der Waals surface area contributed by atoms with Gasteiger partial charge in [0.2, 0.25) is 0 Å². The van der Waals surface area contributed by atoms with Gasteiger partial charge in [-0.15, -0.1) is 0 Å². The number of carbonyl (C=O) groups is 1. The highest BCUT2D eigenvalue weighted by Crippen LogP contribution is 2.20. The second-order valence-electron chi connectivity index (χ2n) is 6.60. The molecule has 0 radical (unpaired) electrons. The summed E-state index contributed by atoms with van der Waals surface area (Å²) in [5.41, 5.74) is 0.786. The van der Waals surface area contributed by atoms with Gasteiger partial charge < -0.3 is 14.4 Å². The minimum Gasteiger partial charge on any atom is -0.490 e. The van der Waals surface area contributed by atoms with Gasteiger partial charge in [0.15, 0.2) is 0 Å². The van der Waals surface area contributed by atoms with E-state index in [0.29, 0.717) is 13.1 Å². The van der Waals surface area contributed by atoms with Crippen molar-refractivity contribution >= 4 is 6.09 Å². The van der Waals surface area contributed by atoms with Gasteiger partial charge in [0, 0.05) is 27.3 Å². The molecule has 0 N–H and O–H groups in total. The van der Waals surface area contributed by atoms with Gasteiger partial charge in [0.05, 0.1) is 0 Å². The van der Waals surface area contributed by atoms with E-state index in [1.54, 1.807) is 4.90 Å². The quantitative estimate of drug-likeness (QED) is 0.812. The van der Waals surface area contributed by atoms with E-state index in [4.69, 9.17) is 10.8 Å². The van der Waals surface area contributed by atoms with E-state index < -0.39 is 5.60 Å². The number of likely N-dealkylation sites (tertiary alicyclic amines) is 1. The summed E-state index contributed by atoms with van der Waals surface area (Å²) in [5, 5.41) is 0. The lowest BCUT2D eigenvalue weighted by molar-refractivity contribution is 0.0126. The molecule has 0 spiro atoms. The van der Waals surface area contributed by atoms with Gasteiger partial charge in [0.25, 0.3) is 0 Å². The molecule has 0 atom stereocenters. The Morgan fingerprint density at radius 2 is 1.77 bits per heavy atom. The Morgan fingerprint density at radius 3 is 2.27 bits per heavy atom. The SMILES string of the molecule is Cc1ccc(OC2CCN(C(=O)OC(C)(C)C)CC2)cc1.[3H]C. The first-order valence-corrected chi connectivity index (χ1v) is 7.55. The molecule has 1 aliphatic rings. The predicted molar refractivity (Wildman–Crippen MR) is 89.4 cm³/mol. The van der Waals surface area contributed by atoms with Crippen LogP contribution in [0.2, 0.25) is 0 Å². The van der Waals surface area contributed by atoms with Crippen LogP contribution in [-0.2, 0) is 4.74 Å². The Kier molecular flexibility index (Phi) is 5.69. The van der Waals surface area contributed by atoms with Crippen LogP contribution >= 0.6 is 0 Å². The van der Waals surface area contributed by atoms with E-state index >= 15 is 0 Å². The highest BCUT2D eigenvalue weighted by Gasteiger charge is 2.27. The molecule has 1 saturated heterocycles. The maximum Gasteiger partial charge on any atom is 0.410 e. The van der Waals surface area contributed by atoms with Crippen LogP contribution in [-0.4, -0.2) is 35.8 Å². The third kappa shape index (κ3) is 5.58. The molecule has 124 valence electrons. The van der Waals surface area contributed by atoms with Gasteiger partial charge >= 0.3 is 6.09 Å². The summed E-state index contributed by atoms with van der Waals surface area (Å²) in [4.78, 5) is 13.7. The maximum atomic E-state index is 12.0. The van der Waals surface area contributed by atoms with Crippen LogP contribution in [0, 0.1) is 6.92 Å². The van der Waals surface area contributed by atoms with Crippen LogP contribution < -0.4 is 4.74 Å². The van der Waals surface area contributed by atoms with Gasteiger partial charge in [-0.25, -0.2) is 4.79 Å². The van der Waals surface area contributed by atoms with Crippen molar-refractivity contribution in [1.82, 2.24) is 4.90 Å². The summed E-state index contributed by atoms with van der Waals surface area (Å²) in [6, 6.07) is 8.08. The number of carbonyl (C=O) groups excluding carboxylic acids is 1. The molecule has 22 heavy (non-hydrogen) atoms. The zero-order valence-electron chi connectivity index (χ0n) is 15.4. The highest BCUT2D eigenvalue weighted by molar-refractivity contribution is 5.68. The van der Waals surface area contributed by atoms with E-state index in [0.717, 1.165) is 18.6 Å². The lowest BCUT2D eigenvalue weighted by atomic mass is 10.1. The van der Waals surface area contributed by atoms with Crippen LogP contribution in [0.15, 0.2) is 24.3 Å². The van der Waals surface area contributed by atoms with Crippen molar-refractivity contribution < 1.29 is 15.6 Å². The fourth-order valence-corrected chi connectivity index (χ4v) is 2.29. The Hall–Kier alpha value is -1.71. The molecule has 0 aromatic heterocycles. The van der Waals surface area contributed by atoms with Crippen LogP contribution in [0.25, 0.3) is 0 Å². The molecule has 4 heteroatoms. The fourth-order valence-electron chi connectivity index (χ4n) is 2.29. The van der Waals surface area contributed by atoms with Crippen molar-refractivity contribution in [3.63, 3.8) is 0 Å². The number of nitrogens with zero attached hydrogens (tertiary/aromatic N) is 1. The van der Waals surface area contributed by atoms with Crippen molar-refractivity contribution in [2.75, 3.05) is 13.1 Å². The monoisotopic (exact) mass is 309 g/mol. The summed E-state index contributed by atoms with van der Waals surface area (Å²) >= 11 is 0. The van der Waals surface area contributed by atoms with Gasteiger partial charge in [-0.1, -0.05) is 25.1 Å². The second kappa shape index (κ2) is 7.52. The van der Waals surface area contributed by atoms with Crippen LogP contribution in [0.1, 0.15) is 47.9 Å². The summed E-state index contributed by atoms with van der Waals surface area (Å²) in [7, 11) is 1.25. The van der Waals surface area contributed by atoms with Crippen molar-refractivity contribution in [3.05, 3.63) is 29.8 Å². The van der Waals surface area contributed by atoms with E-state index in [-0.39, 0.29) is 12.2 Å². The first kappa shape index (κ1) is 16.7. The van der Waals surface area contributed by atoms with E-state index in [9.17, 15) is 4.79 Å². The van der Waals surface area contributed by atoms with Crippen LogP contribution in [0.5, 0.6) is 5.75 Å². The molecule has 0 bridgehead atoms. The van der Waals surface area contributed by atoms with Gasteiger partial charge in [-0.05, 0) is 39.8 Å². The number of aryl methyl sites for hydroxylation is 1. The largest absolute Gasteiger partial charge is 0.490 e. The lowest BCUT2D eigenvalue weighted by Gasteiger charge is -2.33. The molecule has 0 unspecified atom stereocenters. The topological polar surface area (TPSA) is 38.8 Å². The normalized spacial score (nSPS) is 16.2. The smallest absolute Gasteiger partial charge is 0.410 e. The molecule has 0 aliphatic carbocycles. The van der Waals surface area contributed by atoms with Crippen LogP contribution in [0.3, 0.4) is 0 Å². The number of rotatable bonds is 2. The van der Waals surface area contributed by atoms with Crippen molar-refractivity contribution in [3.8, 4) is 5.75 Å². The minimum atomic E-state index is -0.438. The van der Waals surface area contributed by atoms with E-state index in [1.807, 2.05) is 45.0 Å². The number of hydrogen-bond acceptors (Lipinski definition) is 3. The summed E-state index contributed by atoms with van der Waals surface area (Å²) in [6.45, 7) is 9.09. The van der Waals surface area contributed by atoms with Crippen molar-refractivity contribution in [1.29, 1.82) is 0 Å². The Morgan fingerprint density at radius 1 is 1.23 bits per heavy atom.